The molecule has 0 bridgehead atoms. The smallest absolute Gasteiger partial charge is 0.226 e. The highest BCUT2D eigenvalue weighted by Crippen LogP contribution is 2.26. The topological polar surface area (TPSA) is 78.7 Å². The van der Waals surface area contributed by atoms with Gasteiger partial charge in [-0.25, -0.2) is 9.97 Å². The van der Waals surface area contributed by atoms with Gasteiger partial charge < -0.3 is 5.32 Å². The molecule has 0 unspecified atom stereocenters. The van der Waals surface area contributed by atoms with Crippen LogP contribution in [0.4, 0.5) is 5.82 Å². The first kappa shape index (κ1) is 18.0. The summed E-state index contributed by atoms with van der Waals surface area (Å²) in [7, 11) is 0. The van der Waals surface area contributed by atoms with Crippen molar-refractivity contribution in [2.75, 3.05) is 11.1 Å². The second-order valence-electron chi connectivity index (χ2n) is 5.60. The van der Waals surface area contributed by atoms with Gasteiger partial charge >= 0.3 is 0 Å². The predicted molar refractivity (Wildman–Crippen MR) is 96.1 cm³/mol. The van der Waals surface area contributed by atoms with Crippen molar-refractivity contribution in [1.29, 1.82) is 5.26 Å². The molecular weight excluding hydrogens is 320 g/mol. The molecule has 1 N–H and O–H groups in total. The van der Waals surface area contributed by atoms with Crippen molar-refractivity contribution in [3.05, 3.63) is 46.3 Å². The average Bonchev–Trinajstić information content (AvgIpc) is 2.53. The number of hydrogen-bond acceptors (Lipinski definition) is 5. The SMILES string of the molecule is Cc1ccnc(NC(=O)CCSc2nc(C)c(C)c(C)c2C#N)c1. The minimum Gasteiger partial charge on any atom is -0.311 e. The van der Waals surface area contributed by atoms with Crippen LogP contribution in [0, 0.1) is 39.0 Å². The van der Waals surface area contributed by atoms with Gasteiger partial charge in [0.1, 0.15) is 16.9 Å². The van der Waals surface area contributed by atoms with E-state index in [4.69, 9.17) is 0 Å². The Hall–Kier alpha value is -2.39. The number of thioether (sulfide) groups is 1. The summed E-state index contributed by atoms with van der Waals surface area (Å²) in [6.45, 7) is 7.78. The number of aromatic nitrogens is 2. The summed E-state index contributed by atoms with van der Waals surface area (Å²) < 4.78 is 0. The first-order chi connectivity index (χ1) is 11.4. The molecule has 1 amide bonds. The molecule has 0 saturated carbocycles. The largest absolute Gasteiger partial charge is 0.311 e. The Bertz CT molecular complexity index is 811. The monoisotopic (exact) mass is 340 g/mol. The summed E-state index contributed by atoms with van der Waals surface area (Å²) in [6.07, 6.45) is 2.00. The summed E-state index contributed by atoms with van der Waals surface area (Å²) in [6, 6.07) is 5.93. The van der Waals surface area contributed by atoms with Crippen LogP contribution >= 0.6 is 11.8 Å². The zero-order chi connectivity index (χ0) is 17.7. The van der Waals surface area contributed by atoms with Gasteiger partial charge in [-0.2, -0.15) is 5.26 Å². The van der Waals surface area contributed by atoms with E-state index in [9.17, 15) is 10.1 Å². The quantitative estimate of drug-likeness (QED) is 0.840. The van der Waals surface area contributed by atoms with E-state index in [1.54, 1.807) is 6.20 Å². The highest BCUT2D eigenvalue weighted by Gasteiger charge is 2.13. The Morgan fingerprint density at radius 3 is 2.71 bits per heavy atom. The number of hydrogen-bond donors (Lipinski definition) is 1. The molecule has 0 spiro atoms. The molecule has 0 fully saturated rings. The molecule has 0 radical (unpaired) electrons. The summed E-state index contributed by atoms with van der Waals surface area (Å²) in [5.74, 6) is 1.02. The van der Waals surface area contributed by atoms with Gasteiger partial charge in [-0.3, -0.25) is 4.79 Å². The van der Waals surface area contributed by atoms with Crippen molar-refractivity contribution in [3.8, 4) is 6.07 Å². The Balaban J connectivity index is 1.97. The average molecular weight is 340 g/mol. The molecule has 0 aliphatic rings. The first-order valence-corrected chi connectivity index (χ1v) is 8.64. The van der Waals surface area contributed by atoms with E-state index in [2.05, 4.69) is 21.4 Å². The van der Waals surface area contributed by atoms with Gasteiger partial charge in [0.2, 0.25) is 5.91 Å². The molecule has 5 nitrogen and oxygen atoms in total. The van der Waals surface area contributed by atoms with Gasteiger partial charge in [0, 0.05) is 24.1 Å². The minimum absolute atomic E-state index is 0.0975. The van der Waals surface area contributed by atoms with Crippen LogP contribution in [0.15, 0.2) is 23.4 Å². The lowest BCUT2D eigenvalue weighted by Crippen LogP contribution is -2.13. The summed E-state index contributed by atoms with van der Waals surface area (Å²) >= 11 is 1.44. The van der Waals surface area contributed by atoms with Gasteiger partial charge in [-0.1, -0.05) is 0 Å². The second kappa shape index (κ2) is 7.93. The van der Waals surface area contributed by atoms with Crippen molar-refractivity contribution < 1.29 is 4.79 Å². The minimum atomic E-state index is -0.0975. The van der Waals surface area contributed by atoms with Crippen LogP contribution < -0.4 is 5.32 Å². The number of carbonyl (C=O) groups excluding carboxylic acids is 1. The van der Waals surface area contributed by atoms with E-state index in [0.717, 1.165) is 22.4 Å². The van der Waals surface area contributed by atoms with E-state index in [1.807, 2.05) is 39.8 Å². The Morgan fingerprint density at radius 1 is 1.29 bits per heavy atom. The number of aryl methyl sites for hydroxylation is 2. The Labute approximate surface area is 146 Å². The van der Waals surface area contributed by atoms with Crippen LogP contribution in [-0.2, 0) is 4.79 Å². The van der Waals surface area contributed by atoms with Crippen LogP contribution in [-0.4, -0.2) is 21.6 Å². The van der Waals surface area contributed by atoms with Gasteiger partial charge in [0.25, 0.3) is 0 Å². The summed E-state index contributed by atoms with van der Waals surface area (Å²) in [4.78, 5) is 20.6. The maximum atomic E-state index is 12.0. The van der Waals surface area contributed by atoms with Crippen molar-refractivity contribution in [1.82, 2.24) is 9.97 Å². The molecule has 0 aliphatic heterocycles. The summed E-state index contributed by atoms with van der Waals surface area (Å²) in [5.41, 5.74) is 4.56. The second-order valence-corrected chi connectivity index (χ2v) is 6.69. The highest BCUT2D eigenvalue weighted by molar-refractivity contribution is 7.99. The summed E-state index contributed by atoms with van der Waals surface area (Å²) in [5, 5.41) is 12.8. The van der Waals surface area contributed by atoms with Crippen LogP contribution in [0.3, 0.4) is 0 Å². The lowest BCUT2D eigenvalue weighted by Gasteiger charge is -2.11. The number of nitrogens with zero attached hydrogens (tertiary/aromatic N) is 3. The van der Waals surface area contributed by atoms with Crippen LogP contribution in [0.1, 0.15) is 34.4 Å². The van der Waals surface area contributed by atoms with Gasteiger partial charge in [-0.05, 0) is 56.5 Å². The molecule has 0 saturated heterocycles. The molecule has 124 valence electrons. The number of pyridine rings is 2. The van der Waals surface area contributed by atoms with Gasteiger partial charge in [0.15, 0.2) is 0 Å². The maximum absolute atomic E-state index is 12.0. The number of rotatable bonds is 5. The lowest BCUT2D eigenvalue weighted by molar-refractivity contribution is -0.115. The number of nitriles is 1. The molecule has 2 aromatic rings. The molecular formula is C18H20N4OS. The third-order valence-electron chi connectivity index (χ3n) is 3.83. The zero-order valence-corrected chi connectivity index (χ0v) is 15.1. The molecule has 6 heteroatoms. The molecule has 2 rings (SSSR count). The molecule has 0 aliphatic carbocycles. The molecule has 2 aromatic heterocycles. The Kier molecular flexibility index (Phi) is 5.93. The number of anilines is 1. The number of carbonyl (C=O) groups is 1. The maximum Gasteiger partial charge on any atom is 0.226 e. The predicted octanol–water partition coefficient (Wildman–Crippen LogP) is 3.70. The fourth-order valence-electron chi connectivity index (χ4n) is 2.20. The van der Waals surface area contributed by atoms with Gasteiger partial charge in [0.05, 0.1) is 5.56 Å². The standard InChI is InChI=1S/C18H20N4OS/c1-11-5-7-20-16(9-11)22-17(23)6-8-24-18-15(10-19)13(3)12(2)14(4)21-18/h5,7,9H,6,8H2,1-4H3,(H,20,22,23). The van der Waals surface area contributed by atoms with Crippen molar-refractivity contribution in [3.63, 3.8) is 0 Å². The van der Waals surface area contributed by atoms with E-state index in [0.29, 0.717) is 28.6 Å². The number of amides is 1. The fourth-order valence-corrected chi connectivity index (χ4v) is 3.22. The van der Waals surface area contributed by atoms with E-state index < -0.39 is 0 Å². The fraction of sp³-hybridized carbons (Fsp3) is 0.333. The lowest BCUT2D eigenvalue weighted by atomic mass is 10.1. The third kappa shape index (κ3) is 4.33. The van der Waals surface area contributed by atoms with E-state index in [-0.39, 0.29) is 5.91 Å². The number of nitrogens with one attached hydrogen (secondary N) is 1. The van der Waals surface area contributed by atoms with Crippen molar-refractivity contribution >= 4 is 23.5 Å². The van der Waals surface area contributed by atoms with Crippen molar-refractivity contribution in [2.24, 2.45) is 0 Å². The van der Waals surface area contributed by atoms with Gasteiger partial charge in [-0.15, -0.1) is 11.8 Å². The van der Waals surface area contributed by atoms with Crippen LogP contribution in [0.5, 0.6) is 0 Å². The molecule has 2 heterocycles. The first-order valence-electron chi connectivity index (χ1n) is 7.65. The molecule has 24 heavy (non-hydrogen) atoms. The van der Waals surface area contributed by atoms with Crippen molar-refractivity contribution in [2.45, 2.75) is 39.1 Å². The highest BCUT2D eigenvalue weighted by atomic mass is 32.2. The Morgan fingerprint density at radius 2 is 2.04 bits per heavy atom. The third-order valence-corrected chi connectivity index (χ3v) is 4.80. The zero-order valence-electron chi connectivity index (χ0n) is 14.3. The van der Waals surface area contributed by atoms with E-state index in [1.165, 1.54) is 11.8 Å². The normalized spacial score (nSPS) is 10.3. The van der Waals surface area contributed by atoms with E-state index >= 15 is 0 Å². The van der Waals surface area contributed by atoms with Crippen LogP contribution in [0.2, 0.25) is 0 Å². The molecule has 0 atom stereocenters. The molecule has 0 aromatic carbocycles. The van der Waals surface area contributed by atoms with Crippen LogP contribution in [0.25, 0.3) is 0 Å².